The Morgan fingerprint density at radius 1 is 1.30 bits per heavy atom. The number of nitrogens with one attached hydrogen (secondary N) is 1. The van der Waals surface area contributed by atoms with Crippen LogP contribution in [0.3, 0.4) is 0 Å². The van der Waals surface area contributed by atoms with Crippen LogP contribution in [0.2, 0.25) is 0 Å². The van der Waals surface area contributed by atoms with Gasteiger partial charge in [-0.25, -0.2) is 0 Å². The van der Waals surface area contributed by atoms with Crippen molar-refractivity contribution in [2.45, 2.75) is 58.7 Å². The van der Waals surface area contributed by atoms with Crippen molar-refractivity contribution in [3.8, 4) is 0 Å². The van der Waals surface area contributed by atoms with E-state index in [-0.39, 0.29) is 11.0 Å². The predicted octanol–water partition coefficient (Wildman–Crippen LogP) is 1.89. The molecule has 0 aromatic rings. The third kappa shape index (κ3) is 3.35. The molecule has 118 valence electrons. The number of morpholine rings is 1. The highest BCUT2D eigenvalue weighted by molar-refractivity contribution is 5.03. The number of ether oxygens (including phenoxy) is 2. The van der Waals surface area contributed by atoms with E-state index >= 15 is 0 Å². The minimum atomic E-state index is 0.191. The van der Waals surface area contributed by atoms with Gasteiger partial charge in [0.1, 0.15) is 0 Å². The van der Waals surface area contributed by atoms with Gasteiger partial charge in [-0.05, 0) is 27.2 Å². The van der Waals surface area contributed by atoms with Gasteiger partial charge in [-0.1, -0.05) is 13.8 Å². The molecule has 1 N–H and O–H groups in total. The van der Waals surface area contributed by atoms with Gasteiger partial charge < -0.3 is 14.8 Å². The fraction of sp³-hybridized carbons (Fsp3) is 1.00. The lowest BCUT2D eigenvalue weighted by Gasteiger charge is -2.53. The van der Waals surface area contributed by atoms with Gasteiger partial charge in [0, 0.05) is 43.2 Å². The molecular weight excluding hydrogens is 252 g/mol. The fourth-order valence-corrected chi connectivity index (χ4v) is 3.37. The zero-order valence-electron chi connectivity index (χ0n) is 13.9. The largest absolute Gasteiger partial charge is 0.379 e. The second kappa shape index (κ2) is 6.30. The first-order chi connectivity index (χ1) is 9.38. The van der Waals surface area contributed by atoms with Crippen LogP contribution >= 0.6 is 0 Å². The second-order valence-corrected chi connectivity index (χ2v) is 7.35. The van der Waals surface area contributed by atoms with Gasteiger partial charge >= 0.3 is 0 Å². The predicted molar refractivity (Wildman–Crippen MR) is 82.1 cm³/mol. The highest BCUT2D eigenvalue weighted by atomic mass is 16.5. The van der Waals surface area contributed by atoms with Gasteiger partial charge in [-0.3, -0.25) is 4.90 Å². The van der Waals surface area contributed by atoms with E-state index in [1.54, 1.807) is 0 Å². The molecular formula is C16H32N2O2. The Kier molecular flexibility index (Phi) is 5.11. The lowest BCUT2D eigenvalue weighted by molar-refractivity contribution is -0.116. The summed E-state index contributed by atoms with van der Waals surface area (Å²) in [4.78, 5) is 2.54. The monoisotopic (exact) mass is 284 g/mol. The maximum atomic E-state index is 5.80. The summed E-state index contributed by atoms with van der Waals surface area (Å²) in [7, 11) is 0. The first-order valence-electron chi connectivity index (χ1n) is 8.05. The van der Waals surface area contributed by atoms with Gasteiger partial charge in [-0.2, -0.15) is 0 Å². The van der Waals surface area contributed by atoms with E-state index in [2.05, 4.69) is 44.8 Å². The van der Waals surface area contributed by atoms with Crippen molar-refractivity contribution < 1.29 is 9.47 Å². The molecule has 2 unspecified atom stereocenters. The quantitative estimate of drug-likeness (QED) is 0.807. The first kappa shape index (κ1) is 16.2. The molecule has 1 saturated heterocycles. The molecule has 1 aliphatic heterocycles. The van der Waals surface area contributed by atoms with Gasteiger partial charge in [0.05, 0.1) is 19.3 Å². The topological polar surface area (TPSA) is 33.7 Å². The Morgan fingerprint density at radius 3 is 2.50 bits per heavy atom. The van der Waals surface area contributed by atoms with Crippen LogP contribution in [0.25, 0.3) is 0 Å². The molecule has 0 aromatic carbocycles. The molecule has 4 nitrogen and oxygen atoms in total. The molecule has 2 atom stereocenters. The van der Waals surface area contributed by atoms with E-state index in [9.17, 15) is 0 Å². The van der Waals surface area contributed by atoms with Crippen LogP contribution < -0.4 is 5.32 Å². The maximum Gasteiger partial charge on any atom is 0.0655 e. The molecule has 2 rings (SSSR count). The van der Waals surface area contributed by atoms with Crippen LogP contribution in [0.15, 0.2) is 0 Å². The second-order valence-electron chi connectivity index (χ2n) is 7.35. The Labute approximate surface area is 124 Å². The van der Waals surface area contributed by atoms with Crippen molar-refractivity contribution in [2.75, 3.05) is 39.5 Å². The van der Waals surface area contributed by atoms with Crippen molar-refractivity contribution in [1.82, 2.24) is 10.2 Å². The van der Waals surface area contributed by atoms with Crippen LogP contribution in [-0.2, 0) is 9.47 Å². The molecule has 2 fully saturated rings. The average Bonchev–Trinajstić information content (AvgIpc) is 2.43. The molecule has 0 aromatic heterocycles. The Morgan fingerprint density at radius 2 is 1.95 bits per heavy atom. The molecule has 0 radical (unpaired) electrons. The van der Waals surface area contributed by atoms with Crippen molar-refractivity contribution in [3.63, 3.8) is 0 Å². The zero-order valence-corrected chi connectivity index (χ0v) is 13.9. The van der Waals surface area contributed by atoms with Gasteiger partial charge in [0.25, 0.3) is 0 Å². The lowest BCUT2D eigenvalue weighted by Crippen LogP contribution is -2.64. The van der Waals surface area contributed by atoms with E-state index in [1.165, 1.54) is 0 Å². The Bertz CT molecular complexity index is 312. The summed E-state index contributed by atoms with van der Waals surface area (Å²) in [5.74, 6) is 0. The molecule has 1 aliphatic carbocycles. The summed E-state index contributed by atoms with van der Waals surface area (Å²) < 4.78 is 11.3. The van der Waals surface area contributed by atoms with Crippen molar-refractivity contribution in [1.29, 1.82) is 0 Å². The zero-order chi connectivity index (χ0) is 14.8. The number of hydrogen-bond acceptors (Lipinski definition) is 4. The third-order valence-electron chi connectivity index (χ3n) is 5.19. The van der Waals surface area contributed by atoms with Crippen LogP contribution in [0.5, 0.6) is 0 Å². The van der Waals surface area contributed by atoms with Gasteiger partial charge in [0.2, 0.25) is 0 Å². The molecule has 20 heavy (non-hydrogen) atoms. The summed E-state index contributed by atoms with van der Waals surface area (Å²) in [6.07, 6.45) is 1.55. The van der Waals surface area contributed by atoms with E-state index in [4.69, 9.17) is 9.47 Å². The minimum absolute atomic E-state index is 0.191. The summed E-state index contributed by atoms with van der Waals surface area (Å²) in [6, 6.07) is 0.569. The molecule has 0 spiro atoms. The summed E-state index contributed by atoms with van der Waals surface area (Å²) in [6.45, 7) is 17.0. The Hall–Kier alpha value is -0.160. The number of hydrogen-bond donors (Lipinski definition) is 1. The molecule has 1 heterocycles. The average molecular weight is 284 g/mol. The summed E-state index contributed by atoms with van der Waals surface area (Å²) in [5, 5.41) is 3.77. The lowest BCUT2D eigenvalue weighted by atomic mass is 9.64. The Balaban J connectivity index is 1.80. The molecule has 0 bridgehead atoms. The third-order valence-corrected chi connectivity index (χ3v) is 5.19. The summed E-state index contributed by atoms with van der Waals surface area (Å²) in [5.41, 5.74) is 0.438. The molecule has 4 heteroatoms. The first-order valence-corrected chi connectivity index (χ1v) is 8.05. The van der Waals surface area contributed by atoms with E-state index in [0.29, 0.717) is 12.1 Å². The van der Waals surface area contributed by atoms with Gasteiger partial charge in [-0.15, -0.1) is 0 Å². The van der Waals surface area contributed by atoms with Gasteiger partial charge in [0.15, 0.2) is 0 Å². The standard InChI is InChI=1S/C16H32N2O2/c1-6-20-14-11-13(16(14,4)5)17-12-15(2,3)18-7-9-19-10-8-18/h13-14,17H,6-12H2,1-5H3. The maximum absolute atomic E-state index is 5.80. The fourth-order valence-electron chi connectivity index (χ4n) is 3.37. The van der Waals surface area contributed by atoms with Crippen molar-refractivity contribution >= 4 is 0 Å². The highest BCUT2D eigenvalue weighted by Gasteiger charge is 2.49. The van der Waals surface area contributed by atoms with Crippen molar-refractivity contribution in [3.05, 3.63) is 0 Å². The number of rotatable bonds is 6. The van der Waals surface area contributed by atoms with E-state index in [1.807, 2.05) is 0 Å². The normalized spacial score (nSPS) is 31.1. The van der Waals surface area contributed by atoms with Crippen LogP contribution in [0, 0.1) is 5.41 Å². The smallest absolute Gasteiger partial charge is 0.0655 e. The highest BCUT2D eigenvalue weighted by Crippen LogP contribution is 2.42. The van der Waals surface area contributed by atoms with Crippen molar-refractivity contribution in [2.24, 2.45) is 5.41 Å². The van der Waals surface area contributed by atoms with E-state index in [0.717, 1.165) is 45.9 Å². The van der Waals surface area contributed by atoms with E-state index < -0.39 is 0 Å². The van der Waals surface area contributed by atoms with Crippen LogP contribution in [-0.4, -0.2) is 62.0 Å². The molecule has 1 saturated carbocycles. The molecule has 0 amide bonds. The SMILES string of the molecule is CCOC1CC(NCC(C)(C)N2CCOCC2)C1(C)C. The number of nitrogens with zero attached hydrogens (tertiary/aromatic N) is 1. The van der Waals surface area contributed by atoms with Crippen LogP contribution in [0.4, 0.5) is 0 Å². The van der Waals surface area contributed by atoms with Crippen LogP contribution in [0.1, 0.15) is 41.0 Å². The summed E-state index contributed by atoms with van der Waals surface area (Å²) >= 11 is 0. The molecule has 2 aliphatic rings. The minimum Gasteiger partial charge on any atom is -0.379 e.